The summed E-state index contributed by atoms with van der Waals surface area (Å²) in [5.41, 5.74) is 1.98. The van der Waals surface area contributed by atoms with E-state index in [9.17, 15) is 13.2 Å². The molecule has 2 aromatic carbocycles. The molecule has 0 bridgehead atoms. The molecule has 3 heterocycles. The van der Waals surface area contributed by atoms with Gasteiger partial charge in [0.2, 0.25) is 21.8 Å². The summed E-state index contributed by atoms with van der Waals surface area (Å²) in [6, 6.07) is 17.0. The van der Waals surface area contributed by atoms with Crippen molar-refractivity contribution in [3.05, 3.63) is 60.2 Å². The molecule has 0 atom stereocenters. The lowest BCUT2D eigenvalue weighted by Gasteiger charge is -2.32. The maximum absolute atomic E-state index is 12.7. The van der Waals surface area contributed by atoms with E-state index in [1.165, 1.54) is 21.6 Å². The lowest BCUT2D eigenvalue weighted by molar-refractivity contribution is -0.129. The van der Waals surface area contributed by atoms with E-state index in [0.717, 1.165) is 38.8 Å². The Bertz CT molecular complexity index is 1250. The number of carbonyl (C=O) groups is 1. The number of thioether (sulfide) groups is 1. The number of aromatic nitrogens is 2. The van der Waals surface area contributed by atoms with Gasteiger partial charge in [0.25, 0.3) is 5.22 Å². The molecule has 184 valence electrons. The number of hydrogen-bond acceptors (Lipinski definition) is 7. The van der Waals surface area contributed by atoms with Crippen molar-refractivity contribution in [1.29, 1.82) is 0 Å². The standard InChI is InChI=1S/C25H28N4O4S2/c30-23(28-16-12-20(13-17-28)19-6-2-1-3-7-19)18-34-25-27-26-24(33-25)21-8-10-22(11-9-21)35(31,32)29-14-4-5-15-29/h1-3,6-11,20H,4-5,12-18H2. The van der Waals surface area contributed by atoms with Crippen molar-refractivity contribution in [2.75, 3.05) is 31.9 Å². The van der Waals surface area contributed by atoms with Crippen LogP contribution in [0.25, 0.3) is 11.5 Å². The van der Waals surface area contributed by atoms with Crippen LogP contribution < -0.4 is 0 Å². The first kappa shape index (κ1) is 24.0. The normalized spacial score (nSPS) is 17.7. The molecule has 1 aromatic heterocycles. The smallest absolute Gasteiger partial charge is 0.277 e. The van der Waals surface area contributed by atoms with Gasteiger partial charge in [-0.2, -0.15) is 4.31 Å². The average molecular weight is 513 g/mol. The molecule has 0 unspecified atom stereocenters. The molecule has 0 aliphatic carbocycles. The molecular formula is C25H28N4O4S2. The van der Waals surface area contributed by atoms with Gasteiger partial charge in [0.05, 0.1) is 10.6 Å². The van der Waals surface area contributed by atoms with Crippen LogP contribution in [-0.4, -0.2) is 65.7 Å². The Balaban J connectivity index is 1.14. The number of hydrogen-bond donors (Lipinski definition) is 0. The van der Waals surface area contributed by atoms with Crippen LogP contribution in [0.1, 0.15) is 37.2 Å². The van der Waals surface area contributed by atoms with Crippen molar-refractivity contribution < 1.29 is 17.6 Å². The number of benzene rings is 2. The third-order valence-electron chi connectivity index (χ3n) is 6.65. The van der Waals surface area contributed by atoms with Crippen LogP contribution >= 0.6 is 11.8 Å². The van der Waals surface area contributed by atoms with Crippen LogP contribution in [-0.2, 0) is 14.8 Å². The van der Waals surface area contributed by atoms with Crippen LogP contribution in [0.5, 0.6) is 0 Å². The van der Waals surface area contributed by atoms with Gasteiger partial charge in [-0.15, -0.1) is 10.2 Å². The van der Waals surface area contributed by atoms with Crippen molar-refractivity contribution in [2.24, 2.45) is 0 Å². The van der Waals surface area contributed by atoms with E-state index in [0.29, 0.717) is 35.7 Å². The summed E-state index contributed by atoms with van der Waals surface area (Å²) in [4.78, 5) is 14.9. The Hall–Kier alpha value is -2.69. The molecule has 3 aromatic rings. The van der Waals surface area contributed by atoms with Gasteiger partial charge in [0, 0.05) is 31.7 Å². The Morgan fingerprint density at radius 3 is 2.31 bits per heavy atom. The molecule has 2 aliphatic heterocycles. The topological polar surface area (TPSA) is 96.6 Å². The maximum Gasteiger partial charge on any atom is 0.277 e. The highest BCUT2D eigenvalue weighted by atomic mass is 32.2. The second-order valence-corrected chi connectivity index (χ2v) is 11.7. The summed E-state index contributed by atoms with van der Waals surface area (Å²) < 4.78 is 32.6. The molecule has 35 heavy (non-hydrogen) atoms. The summed E-state index contributed by atoms with van der Waals surface area (Å²) in [6.45, 7) is 2.64. The summed E-state index contributed by atoms with van der Waals surface area (Å²) in [6.07, 6.45) is 3.73. The van der Waals surface area contributed by atoms with Crippen LogP contribution in [0.3, 0.4) is 0 Å². The SMILES string of the molecule is O=C(CSc1nnc(-c2ccc(S(=O)(=O)N3CCCC3)cc2)o1)N1CCC(c2ccccc2)CC1. The van der Waals surface area contributed by atoms with E-state index in [2.05, 4.69) is 34.5 Å². The van der Waals surface area contributed by atoms with E-state index < -0.39 is 10.0 Å². The van der Waals surface area contributed by atoms with Gasteiger partial charge in [-0.1, -0.05) is 42.1 Å². The molecule has 2 saturated heterocycles. The fraction of sp³-hybridized carbons (Fsp3) is 0.400. The maximum atomic E-state index is 12.7. The largest absolute Gasteiger partial charge is 0.411 e. The summed E-state index contributed by atoms with van der Waals surface area (Å²) in [5, 5.41) is 8.43. The van der Waals surface area contributed by atoms with Gasteiger partial charge in [-0.25, -0.2) is 8.42 Å². The average Bonchev–Trinajstić information content (AvgIpc) is 3.61. The Kier molecular flexibility index (Phi) is 7.22. The van der Waals surface area contributed by atoms with E-state index in [1.54, 1.807) is 24.3 Å². The van der Waals surface area contributed by atoms with E-state index in [1.807, 2.05) is 11.0 Å². The predicted molar refractivity (Wildman–Crippen MR) is 133 cm³/mol. The number of nitrogens with zero attached hydrogens (tertiary/aromatic N) is 4. The molecular weight excluding hydrogens is 484 g/mol. The first-order valence-electron chi connectivity index (χ1n) is 11.9. The Labute approximate surface area is 209 Å². The van der Waals surface area contributed by atoms with Gasteiger partial charge in [-0.05, 0) is 61.4 Å². The van der Waals surface area contributed by atoms with Crippen molar-refractivity contribution in [2.45, 2.75) is 41.7 Å². The monoisotopic (exact) mass is 512 g/mol. The summed E-state index contributed by atoms with van der Waals surface area (Å²) in [5.74, 6) is 1.11. The van der Waals surface area contributed by atoms with Crippen LogP contribution in [0.4, 0.5) is 0 Å². The van der Waals surface area contributed by atoms with E-state index in [-0.39, 0.29) is 16.6 Å². The third-order valence-corrected chi connectivity index (χ3v) is 9.36. The first-order valence-corrected chi connectivity index (χ1v) is 14.3. The number of likely N-dealkylation sites (tertiary alicyclic amines) is 1. The minimum atomic E-state index is -3.46. The highest BCUT2D eigenvalue weighted by Crippen LogP contribution is 2.29. The molecule has 0 N–H and O–H groups in total. The van der Waals surface area contributed by atoms with Crippen molar-refractivity contribution in [3.63, 3.8) is 0 Å². The Morgan fingerprint density at radius 1 is 0.943 bits per heavy atom. The molecule has 0 saturated carbocycles. The third kappa shape index (κ3) is 5.44. The Morgan fingerprint density at radius 2 is 1.63 bits per heavy atom. The minimum absolute atomic E-state index is 0.0673. The first-order chi connectivity index (χ1) is 17.0. The van der Waals surface area contributed by atoms with Gasteiger partial charge < -0.3 is 9.32 Å². The highest BCUT2D eigenvalue weighted by Gasteiger charge is 2.27. The highest BCUT2D eigenvalue weighted by molar-refractivity contribution is 7.99. The van der Waals surface area contributed by atoms with Crippen LogP contribution in [0.15, 0.2) is 69.1 Å². The predicted octanol–water partition coefficient (Wildman–Crippen LogP) is 4.02. The van der Waals surface area contributed by atoms with Crippen molar-refractivity contribution >= 4 is 27.7 Å². The zero-order valence-electron chi connectivity index (χ0n) is 19.4. The zero-order valence-corrected chi connectivity index (χ0v) is 21.0. The lowest BCUT2D eigenvalue weighted by atomic mass is 9.89. The quantitative estimate of drug-likeness (QED) is 0.441. The molecule has 0 spiro atoms. The number of carbonyl (C=O) groups excluding carboxylic acids is 1. The molecule has 2 fully saturated rings. The lowest BCUT2D eigenvalue weighted by Crippen LogP contribution is -2.38. The molecule has 10 heteroatoms. The number of rotatable bonds is 7. The van der Waals surface area contributed by atoms with E-state index in [4.69, 9.17) is 4.42 Å². The molecule has 1 amide bonds. The van der Waals surface area contributed by atoms with Gasteiger partial charge in [0.15, 0.2) is 0 Å². The summed E-state index contributed by atoms with van der Waals surface area (Å²) in [7, 11) is -3.46. The summed E-state index contributed by atoms with van der Waals surface area (Å²) >= 11 is 1.23. The van der Waals surface area contributed by atoms with Gasteiger partial charge >= 0.3 is 0 Å². The van der Waals surface area contributed by atoms with Crippen molar-refractivity contribution in [1.82, 2.24) is 19.4 Å². The fourth-order valence-corrected chi connectivity index (χ4v) is 6.82. The fourth-order valence-electron chi connectivity index (χ4n) is 4.63. The molecule has 5 rings (SSSR count). The van der Waals surface area contributed by atoms with E-state index >= 15 is 0 Å². The van der Waals surface area contributed by atoms with Crippen LogP contribution in [0, 0.1) is 0 Å². The second kappa shape index (κ2) is 10.5. The molecule has 2 aliphatic rings. The van der Waals surface area contributed by atoms with Gasteiger partial charge in [0.1, 0.15) is 0 Å². The van der Waals surface area contributed by atoms with Gasteiger partial charge in [-0.3, -0.25) is 4.79 Å². The number of amides is 1. The van der Waals surface area contributed by atoms with Crippen LogP contribution in [0.2, 0.25) is 0 Å². The second-order valence-electron chi connectivity index (χ2n) is 8.86. The number of sulfonamides is 1. The number of piperidine rings is 1. The molecule has 0 radical (unpaired) electrons. The zero-order chi connectivity index (χ0) is 24.3. The minimum Gasteiger partial charge on any atom is -0.411 e. The van der Waals surface area contributed by atoms with Crippen molar-refractivity contribution in [3.8, 4) is 11.5 Å². The molecule has 8 nitrogen and oxygen atoms in total.